The second kappa shape index (κ2) is 4.52. The lowest BCUT2D eigenvalue weighted by Gasteiger charge is -2.06. The van der Waals surface area contributed by atoms with Crippen molar-refractivity contribution in [2.75, 3.05) is 5.32 Å². The summed E-state index contributed by atoms with van der Waals surface area (Å²) in [5.74, 6) is -0.384. The number of aromatic amines is 1. The highest BCUT2D eigenvalue weighted by Gasteiger charge is 2.06. The number of phenolic OH excluding ortho intramolecular Hbond substituents is 1. The second-order valence-corrected chi connectivity index (χ2v) is 3.99. The summed E-state index contributed by atoms with van der Waals surface area (Å²) in [5, 5.41) is 19.6. The maximum absolute atomic E-state index is 13.2. The summed E-state index contributed by atoms with van der Waals surface area (Å²) in [7, 11) is 0. The molecule has 19 heavy (non-hydrogen) atoms. The standard InChI is InChI=1S/C12H10FN5O/c13-9-3-7(1-2-10(9)19)4-14-11-8-5-17-18-12(8)16-6-15-11/h1-3,5-6,19H,4H2,(H2,14,15,16,17,18). The molecular formula is C12H10FN5O. The van der Waals surface area contributed by atoms with Crippen LogP contribution in [0.4, 0.5) is 10.2 Å². The van der Waals surface area contributed by atoms with E-state index in [0.717, 1.165) is 5.39 Å². The van der Waals surface area contributed by atoms with Crippen LogP contribution in [0.15, 0.2) is 30.7 Å². The molecular weight excluding hydrogens is 249 g/mol. The maximum atomic E-state index is 13.2. The van der Waals surface area contributed by atoms with Gasteiger partial charge in [0.1, 0.15) is 12.1 Å². The molecule has 0 aliphatic carbocycles. The van der Waals surface area contributed by atoms with Crippen molar-refractivity contribution in [3.8, 4) is 5.75 Å². The first kappa shape index (κ1) is 11.4. The Balaban J connectivity index is 1.82. The molecule has 2 aromatic heterocycles. The van der Waals surface area contributed by atoms with Crippen LogP contribution in [0.1, 0.15) is 5.56 Å². The SMILES string of the molecule is Oc1ccc(CNc2ncnc3[nH]ncc23)cc1F. The molecule has 3 N–H and O–H groups in total. The predicted octanol–water partition coefficient (Wildman–Crippen LogP) is 1.81. The molecule has 3 aromatic rings. The lowest BCUT2D eigenvalue weighted by Crippen LogP contribution is -2.02. The number of anilines is 1. The number of hydrogen-bond donors (Lipinski definition) is 3. The summed E-state index contributed by atoms with van der Waals surface area (Å²) < 4.78 is 13.2. The van der Waals surface area contributed by atoms with Gasteiger partial charge in [-0.15, -0.1) is 0 Å². The molecule has 0 atom stereocenters. The molecule has 1 aromatic carbocycles. The molecule has 0 aliphatic rings. The Morgan fingerprint density at radius 2 is 2.21 bits per heavy atom. The van der Waals surface area contributed by atoms with Gasteiger partial charge in [0, 0.05) is 6.54 Å². The van der Waals surface area contributed by atoms with Crippen LogP contribution in [0, 0.1) is 5.82 Å². The van der Waals surface area contributed by atoms with Crippen molar-refractivity contribution in [1.29, 1.82) is 0 Å². The Labute approximate surface area is 107 Å². The highest BCUT2D eigenvalue weighted by molar-refractivity contribution is 5.85. The van der Waals surface area contributed by atoms with Crippen molar-refractivity contribution in [3.05, 3.63) is 42.1 Å². The Kier molecular flexibility index (Phi) is 2.71. The second-order valence-electron chi connectivity index (χ2n) is 3.99. The molecule has 2 heterocycles. The molecule has 7 heteroatoms. The van der Waals surface area contributed by atoms with Gasteiger partial charge in [-0.25, -0.2) is 14.4 Å². The zero-order valence-corrected chi connectivity index (χ0v) is 9.76. The summed E-state index contributed by atoms with van der Waals surface area (Å²) >= 11 is 0. The Hall–Kier alpha value is -2.70. The average molecular weight is 259 g/mol. The van der Waals surface area contributed by atoms with Gasteiger partial charge >= 0.3 is 0 Å². The van der Waals surface area contributed by atoms with Gasteiger partial charge in [-0.1, -0.05) is 6.07 Å². The van der Waals surface area contributed by atoms with Crippen LogP contribution >= 0.6 is 0 Å². The lowest BCUT2D eigenvalue weighted by molar-refractivity contribution is 0.432. The fourth-order valence-corrected chi connectivity index (χ4v) is 1.75. The monoisotopic (exact) mass is 259 g/mol. The van der Waals surface area contributed by atoms with Gasteiger partial charge in [0.2, 0.25) is 0 Å². The number of halogens is 1. The molecule has 0 bridgehead atoms. The Bertz CT molecular complexity index is 727. The van der Waals surface area contributed by atoms with Crippen LogP contribution in [0.25, 0.3) is 11.0 Å². The van der Waals surface area contributed by atoms with E-state index in [-0.39, 0.29) is 5.75 Å². The van der Waals surface area contributed by atoms with Crippen LogP contribution < -0.4 is 5.32 Å². The summed E-state index contributed by atoms with van der Waals surface area (Å²) in [6.07, 6.45) is 3.04. The fraction of sp³-hybridized carbons (Fsp3) is 0.0833. The number of fused-ring (bicyclic) bond motifs is 1. The number of nitrogens with zero attached hydrogens (tertiary/aromatic N) is 3. The van der Waals surface area contributed by atoms with Crippen molar-refractivity contribution in [1.82, 2.24) is 20.2 Å². The molecule has 0 unspecified atom stereocenters. The summed E-state index contributed by atoms with van der Waals surface area (Å²) in [6.45, 7) is 0.383. The lowest BCUT2D eigenvalue weighted by atomic mass is 10.2. The molecule has 6 nitrogen and oxygen atoms in total. The van der Waals surface area contributed by atoms with Crippen LogP contribution in [-0.4, -0.2) is 25.3 Å². The molecule has 3 rings (SSSR count). The molecule has 0 spiro atoms. The largest absolute Gasteiger partial charge is 0.505 e. The molecule has 0 radical (unpaired) electrons. The number of nitrogens with one attached hydrogen (secondary N) is 2. The highest BCUT2D eigenvalue weighted by atomic mass is 19.1. The van der Waals surface area contributed by atoms with Gasteiger partial charge in [0.05, 0.1) is 11.6 Å². The summed E-state index contributed by atoms with van der Waals surface area (Å²) in [4.78, 5) is 8.13. The van der Waals surface area contributed by atoms with Gasteiger partial charge in [-0.2, -0.15) is 5.10 Å². The minimum absolute atomic E-state index is 0.358. The number of H-pyrrole nitrogens is 1. The van der Waals surface area contributed by atoms with Crippen molar-refractivity contribution in [3.63, 3.8) is 0 Å². The van der Waals surface area contributed by atoms with Crippen molar-refractivity contribution < 1.29 is 9.50 Å². The van der Waals surface area contributed by atoms with Gasteiger partial charge in [0.25, 0.3) is 0 Å². The summed E-state index contributed by atoms with van der Waals surface area (Å²) in [6, 6.07) is 4.23. The molecule has 0 saturated carbocycles. The van der Waals surface area contributed by atoms with Crippen molar-refractivity contribution in [2.24, 2.45) is 0 Å². The van der Waals surface area contributed by atoms with Crippen LogP contribution in [0.3, 0.4) is 0 Å². The number of rotatable bonds is 3. The predicted molar refractivity (Wildman–Crippen MR) is 67.1 cm³/mol. The molecule has 0 aliphatic heterocycles. The smallest absolute Gasteiger partial charge is 0.165 e. The van der Waals surface area contributed by atoms with Gasteiger partial charge in [0.15, 0.2) is 17.2 Å². The van der Waals surface area contributed by atoms with E-state index >= 15 is 0 Å². The third-order valence-electron chi connectivity index (χ3n) is 2.72. The van der Waals surface area contributed by atoms with Crippen LogP contribution in [0.5, 0.6) is 5.75 Å². The van der Waals surface area contributed by atoms with Crippen molar-refractivity contribution in [2.45, 2.75) is 6.54 Å². The van der Waals surface area contributed by atoms with E-state index in [9.17, 15) is 4.39 Å². The first-order valence-corrected chi connectivity index (χ1v) is 5.59. The Morgan fingerprint density at radius 1 is 1.32 bits per heavy atom. The van der Waals surface area contributed by atoms with E-state index in [1.54, 1.807) is 12.3 Å². The summed E-state index contributed by atoms with van der Waals surface area (Å²) in [5.41, 5.74) is 1.33. The van der Waals surface area contributed by atoms with Gasteiger partial charge < -0.3 is 10.4 Å². The molecule has 0 amide bonds. The van der Waals surface area contributed by atoms with E-state index in [4.69, 9.17) is 5.11 Å². The van der Waals surface area contributed by atoms with Crippen molar-refractivity contribution >= 4 is 16.9 Å². The minimum Gasteiger partial charge on any atom is -0.505 e. The molecule has 96 valence electrons. The number of phenols is 1. The third-order valence-corrected chi connectivity index (χ3v) is 2.72. The van der Waals surface area contributed by atoms with E-state index < -0.39 is 5.82 Å². The number of hydrogen-bond acceptors (Lipinski definition) is 5. The first-order valence-electron chi connectivity index (χ1n) is 5.59. The quantitative estimate of drug-likeness (QED) is 0.667. The molecule has 0 saturated heterocycles. The zero-order valence-electron chi connectivity index (χ0n) is 9.76. The first-order chi connectivity index (χ1) is 9.24. The van der Waals surface area contributed by atoms with Gasteiger partial charge in [-0.3, -0.25) is 5.10 Å². The third kappa shape index (κ3) is 2.17. The topological polar surface area (TPSA) is 86.7 Å². The highest BCUT2D eigenvalue weighted by Crippen LogP contribution is 2.19. The maximum Gasteiger partial charge on any atom is 0.165 e. The average Bonchev–Trinajstić information content (AvgIpc) is 2.89. The number of benzene rings is 1. The van der Waals surface area contributed by atoms with E-state index in [0.29, 0.717) is 23.6 Å². The van der Waals surface area contributed by atoms with Gasteiger partial charge in [-0.05, 0) is 17.7 Å². The Morgan fingerprint density at radius 3 is 3.05 bits per heavy atom. The van der Waals surface area contributed by atoms with E-state index in [2.05, 4.69) is 25.5 Å². The fourth-order valence-electron chi connectivity index (χ4n) is 1.75. The van der Waals surface area contributed by atoms with Crippen LogP contribution in [-0.2, 0) is 6.54 Å². The van der Waals surface area contributed by atoms with E-state index in [1.165, 1.54) is 18.5 Å². The number of aromatic nitrogens is 4. The number of aromatic hydroxyl groups is 1. The zero-order chi connectivity index (χ0) is 13.2. The molecule has 0 fully saturated rings. The van der Waals surface area contributed by atoms with E-state index in [1.807, 2.05) is 0 Å². The normalized spacial score (nSPS) is 10.8. The minimum atomic E-state index is -0.643. The van der Waals surface area contributed by atoms with Crippen LogP contribution in [0.2, 0.25) is 0 Å².